The van der Waals surface area contributed by atoms with Crippen LogP contribution >= 0.6 is 0 Å². The number of rotatable bonds is 3. The van der Waals surface area contributed by atoms with Crippen LogP contribution in [0.4, 0.5) is 0 Å². The first-order chi connectivity index (χ1) is 8.74. The number of nitrogens with zero attached hydrogens (tertiary/aromatic N) is 3. The third-order valence-corrected chi connectivity index (χ3v) is 2.27. The molecule has 0 aliphatic rings. The van der Waals surface area contributed by atoms with Gasteiger partial charge in [0.25, 0.3) is 0 Å². The zero-order valence-electron chi connectivity index (χ0n) is 9.11. The molecule has 0 fully saturated rings. The Morgan fingerprint density at radius 3 is 2.44 bits per heavy atom. The Balaban J connectivity index is 2.47. The summed E-state index contributed by atoms with van der Waals surface area (Å²) < 4.78 is 0. The summed E-state index contributed by atoms with van der Waals surface area (Å²) >= 11 is 0. The molecule has 2 aromatic heterocycles. The van der Waals surface area contributed by atoms with Crippen LogP contribution in [-0.4, -0.2) is 22.2 Å². The van der Waals surface area contributed by atoms with Crippen LogP contribution in [0.5, 0.6) is 0 Å². The molecule has 0 spiro atoms. The Labute approximate surface area is 102 Å². The maximum absolute atomic E-state index is 11.1. The van der Waals surface area contributed by atoms with E-state index in [4.69, 9.17) is 0 Å². The fourth-order valence-corrected chi connectivity index (χ4v) is 1.42. The van der Waals surface area contributed by atoms with Crippen molar-refractivity contribution in [1.29, 1.82) is 0 Å². The summed E-state index contributed by atoms with van der Waals surface area (Å²) in [6.07, 6.45) is 3.53. The molecule has 6 heteroatoms. The highest BCUT2D eigenvalue weighted by atomic mass is 16.3. The second kappa shape index (κ2) is 5.05. The van der Waals surface area contributed by atoms with E-state index in [0.29, 0.717) is 23.2 Å². The van der Waals surface area contributed by atoms with Crippen molar-refractivity contribution >= 4 is 12.2 Å². The van der Waals surface area contributed by atoms with Crippen LogP contribution in [0, 0.1) is 4.91 Å². The lowest BCUT2D eigenvalue weighted by Crippen LogP contribution is -1.96. The molecule has 6 nitrogen and oxygen atoms in total. The summed E-state index contributed by atoms with van der Waals surface area (Å²) in [6, 6.07) is 5.88. The second-order valence-electron chi connectivity index (χ2n) is 3.42. The van der Waals surface area contributed by atoms with Gasteiger partial charge in [0.05, 0.1) is 11.4 Å². The van der Waals surface area contributed by atoms with Crippen LogP contribution in [0.3, 0.4) is 0 Å². The van der Waals surface area contributed by atoms with Gasteiger partial charge in [-0.2, -0.15) is 0 Å². The molecule has 2 heterocycles. The Bertz CT molecular complexity index is 625. The number of aromatic nitrogens is 2. The van der Waals surface area contributed by atoms with Crippen LogP contribution in [0.1, 0.15) is 20.7 Å². The number of hydrogen-bond donors (Lipinski definition) is 0. The summed E-state index contributed by atoms with van der Waals surface area (Å²) in [5.74, 6) is -0.870. The third kappa shape index (κ3) is 2.32. The maximum atomic E-state index is 11.1. The minimum atomic E-state index is -0.870. The van der Waals surface area contributed by atoms with Crippen molar-refractivity contribution in [3.8, 4) is 11.4 Å². The molecule has 0 radical (unpaired) electrons. The molecule has 0 unspecified atom stereocenters. The minimum Gasteiger partial charge on any atom is -0.298 e. The van der Waals surface area contributed by atoms with Gasteiger partial charge in [-0.1, -0.05) is 0 Å². The van der Waals surface area contributed by atoms with E-state index in [1.165, 1.54) is 30.6 Å². The molecular weight excluding hydrogens is 234 g/mol. The average Bonchev–Trinajstić information content (AvgIpc) is 2.46. The van der Waals surface area contributed by atoms with Gasteiger partial charge in [-0.15, -0.1) is 4.91 Å². The summed E-state index contributed by atoms with van der Waals surface area (Å²) in [7, 11) is 0. The first kappa shape index (κ1) is 11.7. The standard InChI is InChI=1S/C12H7N3O3/c16-7-8-1-3-13-10(5-8)11-6-9(2-4-14-11)12(17)15-18/h1-7H. The molecule has 0 saturated heterocycles. The van der Waals surface area contributed by atoms with Crippen molar-refractivity contribution < 1.29 is 9.59 Å². The van der Waals surface area contributed by atoms with Crippen molar-refractivity contribution in [1.82, 2.24) is 9.97 Å². The molecule has 2 rings (SSSR count). The lowest BCUT2D eigenvalue weighted by molar-refractivity contribution is 0.1000. The molecule has 18 heavy (non-hydrogen) atoms. The van der Waals surface area contributed by atoms with E-state index in [0.717, 1.165) is 0 Å². The second-order valence-corrected chi connectivity index (χ2v) is 3.42. The van der Waals surface area contributed by atoms with E-state index in [2.05, 4.69) is 15.1 Å². The summed E-state index contributed by atoms with van der Waals surface area (Å²) in [6.45, 7) is 0. The normalized spacial score (nSPS) is 9.78. The van der Waals surface area contributed by atoms with Crippen molar-refractivity contribution in [2.75, 3.05) is 0 Å². The zero-order valence-corrected chi connectivity index (χ0v) is 9.11. The number of nitroso groups, excluding NO2 is 1. The van der Waals surface area contributed by atoms with Crippen LogP contribution < -0.4 is 0 Å². The number of carbonyl (C=O) groups is 2. The lowest BCUT2D eigenvalue weighted by atomic mass is 10.1. The fourth-order valence-electron chi connectivity index (χ4n) is 1.42. The molecule has 2 aromatic rings. The summed E-state index contributed by atoms with van der Waals surface area (Å²) in [4.78, 5) is 40.0. The van der Waals surface area contributed by atoms with Gasteiger partial charge in [-0.25, -0.2) is 0 Å². The average molecular weight is 241 g/mol. The Kier molecular flexibility index (Phi) is 3.29. The molecule has 0 N–H and O–H groups in total. The minimum absolute atomic E-state index is 0.133. The molecule has 0 bridgehead atoms. The number of amides is 1. The Morgan fingerprint density at radius 2 is 1.78 bits per heavy atom. The molecule has 88 valence electrons. The lowest BCUT2D eigenvalue weighted by Gasteiger charge is -2.01. The highest BCUT2D eigenvalue weighted by molar-refractivity contribution is 5.95. The van der Waals surface area contributed by atoms with E-state index in [1.54, 1.807) is 6.07 Å². The Hall–Kier alpha value is -2.76. The Morgan fingerprint density at radius 1 is 1.11 bits per heavy atom. The van der Waals surface area contributed by atoms with E-state index in [-0.39, 0.29) is 5.56 Å². The molecule has 0 atom stereocenters. The van der Waals surface area contributed by atoms with E-state index >= 15 is 0 Å². The maximum Gasteiger partial charge on any atom is 0.316 e. The van der Waals surface area contributed by atoms with Crippen molar-refractivity contribution in [3.63, 3.8) is 0 Å². The van der Waals surface area contributed by atoms with Crippen molar-refractivity contribution in [2.45, 2.75) is 0 Å². The third-order valence-electron chi connectivity index (χ3n) is 2.27. The SMILES string of the molecule is O=Cc1ccnc(-c2cc(C(=O)N=O)ccn2)c1. The number of carbonyl (C=O) groups excluding carboxylic acids is 2. The van der Waals surface area contributed by atoms with Crippen molar-refractivity contribution in [3.05, 3.63) is 52.7 Å². The molecular formula is C12H7N3O3. The number of pyridine rings is 2. The van der Waals surface area contributed by atoms with Crippen LogP contribution in [0.25, 0.3) is 11.4 Å². The van der Waals surface area contributed by atoms with Crippen LogP contribution in [-0.2, 0) is 0 Å². The predicted molar refractivity (Wildman–Crippen MR) is 63.0 cm³/mol. The van der Waals surface area contributed by atoms with Gasteiger partial charge in [0, 0.05) is 28.7 Å². The number of aldehydes is 1. The number of hydrogen-bond acceptors (Lipinski definition) is 5. The van der Waals surface area contributed by atoms with Gasteiger partial charge in [-0.3, -0.25) is 19.6 Å². The highest BCUT2D eigenvalue weighted by Crippen LogP contribution is 2.16. The van der Waals surface area contributed by atoms with Crippen LogP contribution in [0.2, 0.25) is 0 Å². The molecule has 0 aliphatic heterocycles. The first-order valence-corrected chi connectivity index (χ1v) is 5.00. The van der Waals surface area contributed by atoms with Gasteiger partial charge in [0.1, 0.15) is 6.29 Å². The zero-order chi connectivity index (χ0) is 13.0. The van der Waals surface area contributed by atoms with Crippen LogP contribution in [0.15, 0.2) is 41.8 Å². The van der Waals surface area contributed by atoms with Gasteiger partial charge >= 0.3 is 5.91 Å². The van der Waals surface area contributed by atoms with E-state index < -0.39 is 5.91 Å². The van der Waals surface area contributed by atoms with Gasteiger partial charge in [-0.05, 0) is 24.3 Å². The fraction of sp³-hybridized carbons (Fsp3) is 0. The van der Waals surface area contributed by atoms with Gasteiger partial charge < -0.3 is 0 Å². The smallest absolute Gasteiger partial charge is 0.298 e. The first-order valence-electron chi connectivity index (χ1n) is 5.00. The molecule has 0 aromatic carbocycles. The van der Waals surface area contributed by atoms with Gasteiger partial charge in [0.15, 0.2) is 0 Å². The van der Waals surface area contributed by atoms with Crippen molar-refractivity contribution in [2.24, 2.45) is 5.18 Å². The van der Waals surface area contributed by atoms with Gasteiger partial charge in [0.2, 0.25) is 0 Å². The topological polar surface area (TPSA) is 89.4 Å². The van der Waals surface area contributed by atoms with E-state index in [9.17, 15) is 14.5 Å². The van der Waals surface area contributed by atoms with E-state index in [1.807, 2.05) is 0 Å². The summed E-state index contributed by atoms with van der Waals surface area (Å²) in [5.41, 5.74) is 1.42. The monoisotopic (exact) mass is 241 g/mol. The molecule has 0 aliphatic carbocycles. The largest absolute Gasteiger partial charge is 0.316 e. The quantitative estimate of drug-likeness (QED) is 0.604. The molecule has 1 amide bonds. The molecule has 0 saturated carbocycles. The highest BCUT2D eigenvalue weighted by Gasteiger charge is 2.09. The summed E-state index contributed by atoms with van der Waals surface area (Å²) in [5, 5.41) is 2.33. The predicted octanol–water partition coefficient (Wildman–Crippen LogP) is 1.86.